The van der Waals surface area contributed by atoms with Crippen LogP contribution in [0.5, 0.6) is 5.75 Å². The largest absolute Gasteiger partial charge is 0.495 e. The van der Waals surface area contributed by atoms with Gasteiger partial charge in [0.2, 0.25) is 0 Å². The first-order valence-electron chi connectivity index (χ1n) is 7.61. The molecule has 2 aromatic rings. The minimum absolute atomic E-state index is 0.106. The van der Waals surface area contributed by atoms with E-state index in [1.807, 2.05) is 6.07 Å². The first-order chi connectivity index (χ1) is 11.6. The molecule has 24 heavy (non-hydrogen) atoms. The number of nitrogens with zero attached hydrogens (tertiary/aromatic N) is 3. The standard InChI is InChI=1S/C17H16F2N4O/c1-24-17-11(8-20)2-3-13(19)16(17)14-4-5-15(23-22-14)21-9-10-6-12(18)7-10/h2-5,10,12H,6-7,9H2,1H3,(H,21,23). The molecule has 124 valence electrons. The number of methoxy groups -OCH3 is 1. The number of alkyl halides is 1. The van der Waals surface area contributed by atoms with Crippen molar-refractivity contribution >= 4 is 5.82 Å². The fourth-order valence-corrected chi connectivity index (χ4v) is 2.73. The van der Waals surface area contributed by atoms with E-state index in [1.54, 1.807) is 12.1 Å². The summed E-state index contributed by atoms with van der Waals surface area (Å²) in [6.45, 7) is 0.635. The predicted molar refractivity (Wildman–Crippen MR) is 84.8 cm³/mol. The Hall–Kier alpha value is -2.75. The van der Waals surface area contributed by atoms with Crippen LogP contribution in [0, 0.1) is 23.1 Å². The number of hydrogen-bond acceptors (Lipinski definition) is 5. The monoisotopic (exact) mass is 330 g/mol. The van der Waals surface area contributed by atoms with Gasteiger partial charge in [-0.1, -0.05) is 0 Å². The van der Waals surface area contributed by atoms with E-state index in [-0.39, 0.29) is 22.6 Å². The molecule has 1 N–H and O–H groups in total. The van der Waals surface area contributed by atoms with E-state index in [0.717, 1.165) is 0 Å². The van der Waals surface area contributed by atoms with Crippen LogP contribution in [0.25, 0.3) is 11.3 Å². The molecule has 5 nitrogen and oxygen atoms in total. The highest BCUT2D eigenvalue weighted by molar-refractivity contribution is 5.72. The second kappa shape index (κ2) is 6.79. The lowest BCUT2D eigenvalue weighted by Gasteiger charge is -2.29. The maximum absolute atomic E-state index is 14.2. The quantitative estimate of drug-likeness (QED) is 0.910. The summed E-state index contributed by atoms with van der Waals surface area (Å²) >= 11 is 0. The molecule has 0 bridgehead atoms. The van der Waals surface area contributed by atoms with Crippen LogP contribution in [0.1, 0.15) is 18.4 Å². The van der Waals surface area contributed by atoms with E-state index in [9.17, 15) is 8.78 Å². The maximum Gasteiger partial charge on any atom is 0.149 e. The van der Waals surface area contributed by atoms with Crippen LogP contribution in [-0.4, -0.2) is 30.0 Å². The Morgan fingerprint density at radius 3 is 2.67 bits per heavy atom. The summed E-state index contributed by atoms with van der Waals surface area (Å²) in [6.07, 6.45) is 0.456. The number of benzene rings is 1. The highest BCUT2D eigenvalue weighted by Gasteiger charge is 2.28. The number of ether oxygens (including phenoxy) is 1. The molecule has 1 saturated carbocycles. The Kier molecular flexibility index (Phi) is 4.56. The van der Waals surface area contributed by atoms with Gasteiger partial charge in [0.1, 0.15) is 29.6 Å². The van der Waals surface area contributed by atoms with Crippen LogP contribution < -0.4 is 10.1 Å². The lowest BCUT2D eigenvalue weighted by atomic mass is 9.83. The minimum atomic E-state index is -0.687. The molecule has 0 amide bonds. The smallest absolute Gasteiger partial charge is 0.149 e. The third-order valence-electron chi connectivity index (χ3n) is 4.10. The van der Waals surface area contributed by atoms with Gasteiger partial charge in [0.15, 0.2) is 0 Å². The summed E-state index contributed by atoms with van der Waals surface area (Å²) in [4.78, 5) is 0. The van der Waals surface area contributed by atoms with Gasteiger partial charge >= 0.3 is 0 Å². The van der Waals surface area contributed by atoms with E-state index < -0.39 is 12.0 Å². The number of hydrogen-bond donors (Lipinski definition) is 1. The Labute approximate surface area is 138 Å². The topological polar surface area (TPSA) is 70.8 Å². The first kappa shape index (κ1) is 16.1. The third kappa shape index (κ3) is 3.13. The van der Waals surface area contributed by atoms with Crippen molar-refractivity contribution in [2.24, 2.45) is 5.92 Å². The lowest BCUT2D eigenvalue weighted by Crippen LogP contribution is -2.30. The van der Waals surface area contributed by atoms with E-state index in [1.165, 1.54) is 19.2 Å². The van der Waals surface area contributed by atoms with Gasteiger partial charge in [-0.25, -0.2) is 8.78 Å². The maximum atomic E-state index is 14.2. The second-order valence-electron chi connectivity index (χ2n) is 5.73. The van der Waals surface area contributed by atoms with Crippen LogP contribution in [0.4, 0.5) is 14.6 Å². The van der Waals surface area contributed by atoms with Crippen molar-refractivity contribution in [1.29, 1.82) is 5.26 Å². The number of aromatic nitrogens is 2. The summed E-state index contributed by atoms with van der Waals surface area (Å²) < 4.78 is 32.1. The third-order valence-corrected chi connectivity index (χ3v) is 4.10. The van der Waals surface area contributed by atoms with Crippen molar-refractivity contribution in [3.8, 4) is 23.1 Å². The Morgan fingerprint density at radius 2 is 2.08 bits per heavy atom. The molecule has 1 aliphatic carbocycles. The molecule has 1 aromatic carbocycles. The molecular formula is C17H16F2N4O. The molecule has 0 radical (unpaired) electrons. The number of anilines is 1. The summed E-state index contributed by atoms with van der Waals surface area (Å²) in [5.41, 5.74) is 0.609. The van der Waals surface area contributed by atoms with Crippen molar-refractivity contribution < 1.29 is 13.5 Å². The van der Waals surface area contributed by atoms with Gasteiger partial charge in [-0.3, -0.25) is 0 Å². The van der Waals surface area contributed by atoms with Crippen LogP contribution in [-0.2, 0) is 0 Å². The average molecular weight is 330 g/mol. The Bertz CT molecular complexity index is 767. The number of rotatable bonds is 5. The zero-order valence-corrected chi connectivity index (χ0v) is 13.1. The molecule has 0 spiro atoms. The van der Waals surface area contributed by atoms with Crippen LogP contribution >= 0.6 is 0 Å². The van der Waals surface area contributed by atoms with Gasteiger partial charge in [-0.15, -0.1) is 10.2 Å². The highest BCUT2D eigenvalue weighted by Crippen LogP contribution is 2.34. The summed E-state index contributed by atoms with van der Waals surface area (Å²) in [7, 11) is 1.37. The summed E-state index contributed by atoms with van der Waals surface area (Å²) in [6, 6.07) is 7.80. The minimum Gasteiger partial charge on any atom is -0.495 e. The summed E-state index contributed by atoms with van der Waals surface area (Å²) in [5.74, 6) is 0.448. The van der Waals surface area contributed by atoms with Crippen LogP contribution in [0.2, 0.25) is 0 Å². The molecule has 1 fully saturated rings. The number of nitriles is 1. The van der Waals surface area contributed by atoms with E-state index >= 15 is 0 Å². The van der Waals surface area contributed by atoms with Gasteiger partial charge in [0.25, 0.3) is 0 Å². The average Bonchev–Trinajstić information content (AvgIpc) is 2.58. The van der Waals surface area contributed by atoms with Crippen molar-refractivity contribution in [2.45, 2.75) is 19.0 Å². The van der Waals surface area contributed by atoms with Crippen molar-refractivity contribution in [1.82, 2.24) is 10.2 Å². The molecule has 0 saturated heterocycles. The molecular weight excluding hydrogens is 314 g/mol. The number of halogens is 2. The molecule has 0 atom stereocenters. The SMILES string of the molecule is COc1c(C#N)ccc(F)c1-c1ccc(NCC2CC(F)C2)nn1. The predicted octanol–water partition coefficient (Wildman–Crippen LogP) is 3.32. The van der Waals surface area contributed by atoms with Crippen molar-refractivity contribution in [2.75, 3.05) is 19.0 Å². The molecule has 1 heterocycles. The molecule has 7 heteroatoms. The normalized spacial score (nSPS) is 19.2. The van der Waals surface area contributed by atoms with Crippen molar-refractivity contribution in [3.05, 3.63) is 35.6 Å². The van der Waals surface area contributed by atoms with E-state index in [2.05, 4.69) is 15.5 Å². The molecule has 1 aliphatic rings. The molecule has 0 aliphatic heterocycles. The first-order valence-corrected chi connectivity index (χ1v) is 7.61. The second-order valence-corrected chi connectivity index (χ2v) is 5.73. The van der Waals surface area contributed by atoms with Crippen molar-refractivity contribution in [3.63, 3.8) is 0 Å². The van der Waals surface area contributed by atoms with Gasteiger partial charge in [-0.05, 0) is 43.0 Å². The molecule has 1 aromatic heterocycles. The summed E-state index contributed by atoms with van der Waals surface area (Å²) in [5, 5.41) is 20.2. The van der Waals surface area contributed by atoms with E-state index in [4.69, 9.17) is 10.00 Å². The van der Waals surface area contributed by atoms with Crippen LogP contribution in [0.3, 0.4) is 0 Å². The fraction of sp³-hybridized carbons (Fsp3) is 0.353. The van der Waals surface area contributed by atoms with Gasteiger partial charge in [0.05, 0.1) is 23.9 Å². The highest BCUT2D eigenvalue weighted by atomic mass is 19.1. The van der Waals surface area contributed by atoms with Crippen LogP contribution in [0.15, 0.2) is 24.3 Å². The van der Waals surface area contributed by atoms with Gasteiger partial charge in [-0.2, -0.15) is 5.26 Å². The van der Waals surface area contributed by atoms with Gasteiger partial charge < -0.3 is 10.1 Å². The zero-order chi connectivity index (χ0) is 17.1. The fourth-order valence-electron chi connectivity index (χ4n) is 2.73. The zero-order valence-electron chi connectivity index (χ0n) is 13.1. The molecule has 0 unspecified atom stereocenters. The molecule has 3 rings (SSSR count). The number of nitrogens with one attached hydrogen (secondary N) is 1. The van der Waals surface area contributed by atoms with E-state index in [0.29, 0.717) is 31.1 Å². The Balaban J connectivity index is 1.79. The van der Waals surface area contributed by atoms with Gasteiger partial charge in [0, 0.05) is 6.54 Å². The lowest BCUT2D eigenvalue weighted by molar-refractivity contribution is 0.140. The Morgan fingerprint density at radius 1 is 1.29 bits per heavy atom.